The molecule has 0 saturated carbocycles. The van der Waals surface area contributed by atoms with Gasteiger partial charge in [-0.15, -0.1) is 11.8 Å². The second kappa shape index (κ2) is 7.96. The van der Waals surface area contributed by atoms with Gasteiger partial charge in [0.1, 0.15) is 0 Å². The minimum absolute atomic E-state index is 0.259. The van der Waals surface area contributed by atoms with Crippen molar-refractivity contribution in [2.24, 2.45) is 0 Å². The summed E-state index contributed by atoms with van der Waals surface area (Å²) in [5.41, 5.74) is 1.19. The third kappa shape index (κ3) is 4.16. The number of nitrogens with one attached hydrogen (secondary N) is 1. The molecule has 112 valence electrons. The molecule has 1 N–H and O–H groups in total. The van der Waals surface area contributed by atoms with Crippen molar-refractivity contribution in [1.29, 1.82) is 0 Å². The number of thioether (sulfide) groups is 1. The highest BCUT2D eigenvalue weighted by Gasteiger charge is 2.13. The molecule has 0 radical (unpaired) electrons. The van der Waals surface area contributed by atoms with E-state index in [1.165, 1.54) is 10.5 Å². The SMILES string of the molecule is CNC(CSc1ccccc1)c1ccc(OC)c(OC)c1. The van der Waals surface area contributed by atoms with Crippen LogP contribution in [0.15, 0.2) is 53.4 Å². The summed E-state index contributed by atoms with van der Waals surface area (Å²) in [6, 6.07) is 16.7. The summed E-state index contributed by atoms with van der Waals surface area (Å²) in [6.07, 6.45) is 0. The highest BCUT2D eigenvalue weighted by Crippen LogP contribution is 2.32. The molecule has 1 unspecified atom stereocenters. The van der Waals surface area contributed by atoms with Crippen LogP contribution in [0.1, 0.15) is 11.6 Å². The van der Waals surface area contributed by atoms with Crippen LogP contribution in [-0.4, -0.2) is 27.0 Å². The zero-order valence-corrected chi connectivity index (χ0v) is 13.4. The van der Waals surface area contributed by atoms with Gasteiger partial charge in [-0.05, 0) is 36.9 Å². The maximum absolute atomic E-state index is 5.37. The molecule has 2 aromatic rings. The smallest absolute Gasteiger partial charge is 0.161 e. The lowest BCUT2D eigenvalue weighted by Crippen LogP contribution is -2.18. The Labute approximate surface area is 130 Å². The molecule has 0 spiro atoms. The molecule has 0 aliphatic rings. The van der Waals surface area contributed by atoms with E-state index in [1.54, 1.807) is 14.2 Å². The fourth-order valence-corrected chi connectivity index (χ4v) is 3.18. The zero-order chi connectivity index (χ0) is 15.1. The fourth-order valence-electron chi connectivity index (χ4n) is 2.11. The monoisotopic (exact) mass is 303 g/mol. The van der Waals surface area contributed by atoms with Gasteiger partial charge < -0.3 is 14.8 Å². The second-order valence-electron chi connectivity index (χ2n) is 4.58. The normalized spacial score (nSPS) is 12.0. The van der Waals surface area contributed by atoms with Crippen LogP contribution in [0.2, 0.25) is 0 Å². The summed E-state index contributed by atoms with van der Waals surface area (Å²) < 4.78 is 10.7. The van der Waals surface area contributed by atoms with Crippen LogP contribution in [0.25, 0.3) is 0 Å². The Bertz CT molecular complexity index is 560. The van der Waals surface area contributed by atoms with E-state index in [2.05, 4.69) is 35.6 Å². The predicted molar refractivity (Wildman–Crippen MR) is 88.5 cm³/mol. The molecule has 0 aliphatic carbocycles. The standard InChI is InChI=1S/C17H21NO2S/c1-18-15(12-21-14-7-5-4-6-8-14)13-9-10-16(19-2)17(11-13)20-3/h4-11,15,18H,12H2,1-3H3. The Morgan fingerprint density at radius 3 is 2.33 bits per heavy atom. The highest BCUT2D eigenvalue weighted by molar-refractivity contribution is 7.99. The molecule has 0 aliphatic heterocycles. The van der Waals surface area contributed by atoms with E-state index < -0.39 is 0 Å². The van der Waals surface area contributed by atoms with Crippen molar-refractivity contribution in [3.8, 4) is 11.5 Å². The Morgan fingerprint density at radius 2 is 1.71 bits per heavy atom. The minimum Gasteiger partial charge on any atom is -0.493 e. The Kier molecular flexibility index (Phi) is 5.96. The molecule has 4 heteroatoms. The van der Waals surface area contributed by atoms with Gasteiger partial charge in [0, 0.05) is 16.7 Å². The highest BCUT2D eigenvalue weighted by atomic mass is 32.2. The van der Waals surface area contributed by atoms with Crippen LogP contribution in [0.5, 0.6) is 11.5 Å². The Morgan fingerprint density at radius 1 is 1.00 bits per heavy atom. The van der Waals surface area contributed by atoms with Crippen molar-refractivity contribution >= 4 is 11.8 Å². The van der Waals surface area contributed by atoms with E-state index in [9.17, 15) is 0 Å². The van der Waals surface area contributed by atoms with Crippen LogP contribution in [0.4, 0.5) is 0 Å². The number of ether oxygens (including phenoxy) is 2. The number of rotatable bonds is 7. The van der Waals surface area contributed by atoms with Crippen LogP contribution in [-0.2, 0) is 0 Å². The predicted octanol–water partition coefficient (Wildman–Crippen LogP) is 3.76. The van der Waals surface area contributed by atoms with Crippen molar-refractivity contribution in [2.45, 2.75) is 10.9 Å². The maximum atomic E-state index is 5.37. The number of methoxy groups -OCH3 is 2. The summed E-state index contributed by atoms with van der Waals surface area (Å²) in [6.45, 7) is 0. The van der Waals surface area contributed by atoms with Gasteiger partial charge in [0.25, 0.3) is 0 Å². The van der Waals surface area contributed by atoms with E-state index in [-0.39, 0.29) is 6.04 Å². The van der Waals surface area contributed by atoms with Gasteiger partial charge in [-0.2, -0.15) is 0 Å². The molecule has 2 aromatic carbocycles. The summed E-state index contributed by atoms with van der Waals surface area (Å²) in [5.74, 6) is 2.47. The van der Waals surface area contributed by atoms with Gasteiger partial charge in [0.05, 0.1) is 14.2 Å². The van der Waals surface area contributed by atoms with Gasteiger partial charge in [-0.1, -0.05) is 24.3 Å². The van der Waals surface area contributed by atoms with E-state index in [4.69, 9.17) is 9.47 Å². The molecule has 0 amide bonds. The van der Waals surface area contributed by atoms with Crippen LogP contribution in [0.3, 0.4) is 0 Å². The third-order valence-electron chi connectivity index (χ3n) is 3.32. The van der Waals surface area contributed by atoms with Gasteiger partial charge in [-0.25, -0.2) is 0 Å². The molecular weight excluding hydrogens is 282 g/mol. The molecule has 0 saturated heterocycles. The third-order valence-corrected chi connectivity index (χ3v) is 4.42. The lowest BCUT2D eigenvalue weighted by molar-refractivity contribution is 0.354. The topological polar surface area (TPSA) is 30.5 Å². The molecule has 2 rings (SSSR count). The zero-order valence-electron chi connectivity index (χ0n) is 12.6. The van der Waals surface area contributed by atoms with Gasteiger partial charge in [0.15, 0.2) is 11.5 Å². The van der Waals surface area contributed by atoms with Gasteiger partial charge >= 0.3 is 0 Å². The van der Waals surface area contributed by atoms with Crippen molar-refractivity contribution in [1.82, 2.24) is 5.32 Å². The minimum atomic E-state index is 0.259. The molecule has 0 fully saturated rings. The fraction of sp³-hybridized carbons (Fsp3) is 0.294. The first-order chi connectivity index (χ1) is 10.3. The largest absolute Gasteiger partial charge is 0.493 e. The quantitative estimate of drug-likeness (QED) is 0.789. The van der Waals surface area contributed by atoms with Gasteiger partial charge in [-0.3, -0.25) is 0 Å². The summed E-state index contributed by atoms with van der Waals surface area (Å²) in [7, 11) is 5.29. The molecular formula is C17H21NO2S. The summed E-state index contributed by atoms with van der Waals surface area (Å²) in [5, 5.41) is 3.36. The lowest BCUT2D eigenvalue weighted by Gasteiger charge is -2.18. The van der Waals surface area contributed by atoms with Crippen molar-refractivity contribution in [3.63, 3.8) is 0 Å². The molecule has 0 aromatic heterocycles. The van der Waals surface area contributed by atoms with Crippen LogP contribution in [0, 0.1) is 0 Å². The number of benzene rings is 2. The number of hydrogen-bond donors (Lipinski definition) is 1. The van der Waals surface area contributed by atoms with Crippen LogP contribution < -0.4 is 14.8 Å². The molecule has 3 nitrogen and oxygen atoms in total. The summed E-state index contributed by atoms with van der Waals surface area (Å²) in [4.78, 5) is 1.28. The Hall–Kier alpha value is -1.65. The van der Waals surface area contributed by atoms with Gasteiger partial charge in [0.2, 0.25) is 0 Å². The number of hydrogen-bond acceptors (Lipinski definition) is 4. The van der Waals surface area contributed by atoms with E-state index >= 15 is 0 Å². The Balaban J connectivity index is 2.10. The average Bonchev–Trinajstić information content (AvgIpc) is 2.56. The van der Waals surface area contributed by atoms with E-state index in [1.807, 2.05) is 37.0 Å². The lowest BCUT2D eigenvalue weighted by atomic mass is 10.1. The van der Waals surface area contributed by atoms with Crippen LogP contribution >= 0.6 is 11.8 Å². The van der Waals surface area contributed by atoms with E-state index in [0.29, 0.717) is 0 Å². The molecule has 21 heavy (non-hydrogen) atoms. The van der Waals surface area contributed by atoms with Crippen molar-refractivity contribution in [2.75, 3.05) is 27.0 Å². The second-order valence-corrected chi connectivity index (χ2v) is 5.67. The maximum Gasteiger partial charge on any atom is 0.161 e. The molecule has 1 atom stereocenters. The average molecular weight is 303 g/mol. The van der Waals surface area contributed by atoms with Crippen molar-refractivity contribution in [3.05, 3.63) is 54.1 Å². The summed E-state index contributed by atoms with van der Waals surface area (Å²) >= 11 is 1.84. The first-order valence-electron chi connectivity index (χ1n) is 6.85. The molecule has 0 heterocycles. The first kappa shape index (κ1) is 15.7. The molecule has 0 bridgehead atoms. The van der Waals surface area contributed by atoms with E-state index in [0.717, 1.165) is 17.3 Å². The van der Waals surface area contributed by atoms with Crippen molar-refractivity contribution < 1.29 is 9.47 Å². The first-order valence-corrected chi connectivity index (χ1v) is 7.84.